The lowest BCUT2D eigenvalue weighted by atomic mass is 9.92. The Kier molecular flexibility index (Phi) is 1.27. The smallest absolute Gasteiger partial charge is 0.139 e. The highest BCUT2D eigenvalue weighted by Crippen LogP contribution is 2.50. The van der Waals surface area contributed by atoms with Gasteiger partial charge in [-0.05, 0) is 37.5 Å². The number of hydrogen-bond donors (Lipinski definition) is 0. The summed E-state index contributed by atoms with van der Waals surface area (Å²) in [5, 5.41) is 0. The van der Waals surface area contributed by atoms with Gasteiger partial charge < -0.3 is 0 Å². The van der Waals surface area contributed by atoms with Crippen molar-refractivity contribution in [3.05, 3.63) is 12.2 Å². The molecule has 12 heavy (non-hydrogen) atoms. The number of allylic oxidation sites excluding steroid dienone is 2. The van der Waals surface area contributed by atoms with Crippen LogP contribution in [0.3, 0.4) is 0 Å². The second kappa shape index (κ2) is 2.21. The highest BCUT2D eigenvalue weighted by atomic mass is 16.1. The molecule has 0 radical (unpaired) electrons. The number of ketones is 1. The number of rotatable bonds is 0. The van der Waals surface area contributed by atoms with E-state index in [1.54, 1.807) is 0 Å². The standard InChI is InChI=1S/C11H14O/c12-11-8-3-1-2-7-4-5-9(11)10(7)6-8/h1-2,7-10H,3-6H2. The zero-order chi connectivity index (χ0) is 8.13. The molecule has 1 heteroatoms. The van der Waals surface area contributed by atoms with E-state index in [0.29, 0.717) is 17.6 Å². The van der Waals surface area contributed by atoms with Gasteiger partial charge in [0.15, 0.2) is 0 Å². The molecule has 0 saturated heterocycles. The molecule has 2 bridgehead atoms. The fourth-order valence-electron chi connectivity index (χ4n) is 3.41. The summed E-state index contributed by atoms with van der Waals surface area (Å²) in [6.45, 7) is 0. The molecule has 64 valence electrons. The lowest BCUT2D eigenvalue weighted by Crippen LogP contribution is -2.14. The molecule has 0 aliphatic heterocycles. The van der Waals surface area contributed by atoms with Crippen molar-refractivity contribution in [3.8, 4) is 0 Å². The van der Waals surface area contributed by atoms with Gasteiger partial charge in [0.2, 0.25) is 0 Å². The number of carbonyl (C=O) groups excluding carboxylic acids is 1. The molecule has 2 saturated carbocycles. The first-order valence-corrected chi connectivity index (χ1v) is 5.06. The Morgan fingerprint density at radius 3 is 3.17 bits per heavy atom. The van der Waals surface area contributed by atoms with Crippen molar-refractivity contribution in [2.24, 2.45) is 23.7 Å². The van der Waals surface area contributed by atoms with Crippen molar-refractivity contribution < 1.29 is 4.79 Å². The Labute approximate surface area is 72.8 Å². The van der Waals surface area contributed by atoms with Crippen LogP contribution in [-0.2, 0) is 4.79 Å². The summed E-state index contributed by atoms with van der Waals surface area (Å²) in [7, 11) is 0. The monoisotopic (exact) mass is 162 g/mol. The van der Waals surface area contributed by atoms with Gasteiger partial charge in [-0.3, -0.25) is 4.79 Å². The predicted octanol–water partition coefficient (Wildman–Crippen LogP) is 2.18. The van der Waals surface area contributed by atoms with Crippen LogP contribution in [0.25, 0.3) is 0 Å². The number of fused-ring (bicyclic) bond motifs is 1. The van der Waals surface area contributed by atoms with E-state index >= 15 is 0 Å². The number of hydrogen-bond acceptors (Lipinski definition) is 1. The van der Waals surface area contributed by atoms with Crippen LogP contribution in [0, 0.1) is 23.7 Å². The first kappa shape index (κ1) is 6.88. The average molecular weight is 162 g/mol. The van der Waals surface area contributed by atoms with E-state index in [2.05, 4.69) is 12.2 Å². The summed E-state index contributed by atoms with van der Waals surface area (Å²) in [6.07, 6.45) is 9.29. The SMILES string of the molecule is O=C1C2CC=CC3CCC1C3C2. The first-order valence-electron chi connectivity index (χ1n) is 5.06. The summed E-state index contributed by atoms with van der Waals surface area (Å²) in [5.41, 5.74) is 0. The van der Waals surface area contributed by atoms with Crippen molar-refractivity contribution in [3.63, 3.8) is 0 Å². The fourth-order valence-corrected chi connectivity index (χ4v) is 3.41. The van der Waals surface area contributed by atoms with Crippen LogP contribution in [0.5, 0.6) is 0 Å². The van der Waals surface area contributed by atoms with Gasteiger partial charge in [-0.1, -0.05) is 12.2 Å². The van der Waals surface area contributed by atoms with Gasteiger partial charge >= 0.3 is 0 Å². The Bertz CT molecular complexity index is 254. The maximum Gasteiger partial charge on any atom is 0.139 e. The second-order valence-corrected chi connectivity index (χ2v) is 4.51. The molecule has 1 nitrogen and oxygen atoms in total. The summed E-state index contributed by atoms with van der Waals surface area (Å²) in [6, 6.07) is 0. The second-order valence-electron chi connectivity index (χ2n) is 4.51. The number of carbonyl (C=O) groups is 1. The normalized spacial score (nSPS) is 49.8. The van der Waals surface area contributed by atoms with Crippen LogP contribution in [0.4, 0.5) is 0 Å². The van der Waals surface area contributed by atoms with Gasteiger partial charge in [0.25, 0.3) is 0 Å². The first-order chi connectivity index (χ1) is 5.86. The molecular weight excluding hydrogens is 148 g/mol. The third-order valence-corrected chi connectivity index (χ3v) is 4.01. The Morgan fingerprint density at radius 2 is 2.25 bits per heavy atom. The lowest BCUT2D eigenvalue weighted by Gasteiger charge is -2.12. The van der Waals surface area contributed by atoms with Gasteiger partial charge in [0.1, 0.15) is 5.78 Å². The van der Waals surface area contributed by atoms with E-state index in [9.17, 15) is 4.79 Å². The average Bonchev–Trinajstić information content (AvgIpc) is 2.51. The zero-order valence-electron chi connectivity index (χ0n) is 7.20. The maximum atomic E-state index is 11.8. The quantitative estimate of drug-likeness (QED) is 0.499. The van der Waals surface area contributed by atoms with Crippen LogP contribution in [-0.4, -0.2) is 5.78 Å². The molecule has 0 amide bonds. The minimum Gasteiger partial charge on any atom is -0.299 e. The molecular formula is C11H14O. The third-order valence-electron chi connectivity index (χ3n) is 4.01. The van der Waals surface area contributed by atoms with Crippen LogP contribution >= 0.6 is 0 Å². The van der Waals surface area contributed by atoms with E-state index in [4.69, 9.17) is 0 Å². The van der Waals surface area contributed by atoms with Crippen molar-refractivity contribution in [1.82, 2.24) is 0 Å². The van der Waals surface area contributed by atoms with Crippen LogP contribution < -0.4 is 0 Å². The molecule has 0 heterocycles. The topological polar surface area (TPSA) is 17.1 Å². The summed E-state index contributed by atoms with van der Waals surface area (Å²) < 4.78 is 0. The van der Waals surface area contributed by atoms with Gasteiger partial charge in [0, 0.05) is 11.8 Å². The molecule has 0 N–H and O–H groups in total. The lowest BCUT2D eigenvalue weighted by molar-refractivity contribution is -0.124. The number of Topliss-reactive ketones (excluding diaryl/α,β-unsaturated/α-hetero) is 1. The Morgan fingerprint density at radius 1 is 1.33 bits per heavy atom. The third kappa shape index (κ3) is 0.720. The van der Waals surface area contributed by atoms with Crippen LogP contribution in [0.1, 0.15) is 25.7 Å². The van der Waals surface area contributed by atoms with Crippen molar-refractivity contribution in [2.45, 2.75) is 25.7 Å². The largest absolute Gasteiger partial charge is 0.299 e. The maximum absolute atomic E-state index is 11.8. The summed E-state index contributed by atoms with van der Waals surface area (Å²) in [4.78, 5) is 11.8. The van der Waals surface area contributed by atoms with Crippen molar-refractivity contribution in [1.29, 1.82) is 0 Å². The van der Waals surface area contributed by atoms with Crippen LogP contribution in [0.2, 0.25) is 0 Å². The highest BCUT2D eigenvalue weighted by Gasteiger charge is 2.48. The molecule has 0 aromatic heterocycles. The van der Waals surface area contributed by atoms with Crippen molar-refractivity contribution in [2.75, 3.05) is 0 Å². The van der Waals surface area contributed by atoms with Crippen molar-refractivity contribution >= 4 is 5.78 Å². The molecule has 3 aliphatic carbocycles. The summed E-state index contributed by atoms with van der Waals surface area (Å²) >= 11 is 0. The van der Waals surface area contributed by atoms with Gasteiger partial charge in [-0.25, -0.2) is 0 Å². The Hall–Kier alpha value is -0.590. The predicted molar refractivity (Wildman–Crippen MR) is 46.6 cm³/mol. The van der Waals surface area contributed by atoms with Gasteiger partial charge in [0.05, 0.1) is 0 Å². The highest BCUT2D eigenvalue weighted by molar-refractivity contribution is 5.86. The summed E-state index contributed by atoms with van der Waals surface area (Å²) in [5.74, 6) is 2.95. The molecule has 4 unspecified atom stereocenters. The molecule has 0 spiro atoms. The molecule has 0 aromatic carbocycles. The molecule has 0 aromatic rings. The Balaban J connectivity index is 2.04. The van der Waals surface area contributed by atoms with E-state index in [0.717, 1.165) is 18.3 Å². The minimum atomic E-state index is 0.404. The molecule has 4 atom stereocenters. The van der Waals surface area contributed by atoms with E-state index in [-0.39, 0.29) is 0 Å². The van der Waals surface area contributed by atoms with Gasteiger partial charge in [-0.2, -0.15) is 0 Å². The fraction of sp³-hybridized carbons (Fsp3) is 0.727. The van der Waals surface area contributed by atoms with E-state index in [1.807, 2.05) is 0 Å². The molecule has 2 fully saturated rings. The van der Waals surface area contributed by atoms with E-state index in [1.165, 1.54) is 19.3 Å². The minimum absolute atomic E-state index is 0.404. The molecule has 3 aliphatic rings. The zero-order valence-corrected chi connectivity index (χ0v) is 7.20. The van der Waals surface area contributed by atoms with Crippen LogP contribution in [0.15, 0.2) is 12.2 Å². The van der Waals surface area contributed by atoms with Gasteiger partial charge in [-0.15, -0.1) is 0 Å². The van der Waals surface area contributed by atoms with E-state index < -0.39 is 0 Å². The molecule has 3 rings (SSSR count).